The van der Waals surface area contributed by atoms with Gasteiger partial charge in [0.05, 0.1) is 0 Å². The lowest BCUT2D eigenvalue weighted by molar-refractivity contribution is -0.138. The quantitative estimate of drug-likeness (QED) is 0.855. The summed E-state index contributed by atoms with van der Waals surface area (Å²) in [6, 6.07) is 5.86. The van der Waals surface area contributed by atoms with E-state index in [1.165, 1.54) is 17.4 Å². The zero-order chi connectivity index (χ0) is 18.4. The highest BCUT2D eigenvalue weighted by atomic mass is 19.1. The summed E-state index contributed by atoms with van der Waals surface area (Å²) in [5, 5.41) is 2.94. The molecule has 4 nitrogen and oxygen atoms in total. The Morgan fingerprint density at radius 2 is 1.84 bits per heavy atom. The minimum absolute atomic E-state index is 0.0136. The van der Waals surface area contributed by atoms with Gasteiger partial charge in [0.2, 0.25) is 11.8 Å². The maximum absolute atomic E-state index is 13.8. The summed E-state index contributed by atoms with van der Waals surface area (Å²) in [5.74, 6) is -0.536. The molecule has 0 aliphatic heterocycles. The zero-order valence-electron chi connectivity index (χ0n) is 15.4. The van der Waals surface area contributed by atoms with Crippen molar-refractivity contribution in [1.82, 2.24) is 10.2 Å². The van der Waals surface area contributed by atoms with E-state index in [0.29, 0.717) is 5.56 Å². The van der Waals surface area contributed by atoms with Crippen molar-refractivity contribution in [3.8, 4) is 0 Å². The molecule has 1 aliphatic carbocycles. The predicted molar refractivity (Wildman–Crippen MR) is 96.2 cm³/mol. The highest BCUT2D eigenvalue weighted by Gasteiger charge is 2.30. The van der Waals surface area contributed by atoms with E-state index in [1.807, 2.05) is 13.8 Å². The maximum Gasteiger partial charge on any atom is 0.245 e. The number of hydrogen-bond donors (Lipinski definition) is 1. The number of halogens is 1. The Labute approximate surface area is 149 Å². The van der Waals surface area contributed by atoms with E-state index in [4.69, 9.17) is 0 Å². The van der Waals surface area contributed by atoms with Crippen LogP contribution < -0.4 is 5.32 Å². The minimum Gasteiger partial charge on any atom is -0.344 e. The number of hydrogen-bond acceptors (Lipinski definition) is 2. The van der Waals surface area contributed by atoms with Crippen LogP contribution in [0.4, 0.5) is 4.39 Å². The lowest BCUT2D eigenvalue weighted by Gasteiger charge is -2.29. The second kappa shape index (κ2) is 8.97. The van der Waals surface area contributed by atoms with Gasteiger partial charge in [-0.2, -0.15) is 0 Å². The molecular weight excluding hydrogens is 319 g/mol. The highest BCUT2D eigenvalue weighted by molar-refractivity contribution is 5.88. The van der Waals surface area contributed by atoms with Gasteiger partial charge in [-0.25, -0.2) is 4.39 Å². The highest BCUT2D eigenvalue weighted by Crippen LogP contribution is 2.24. The van der Waals surface area contributed by atoms with Crippen molar-refractivity contribution in [3.05, 3.63) is 35.6 Å². The third kappa shape index (κ3) is 5.28. The Balaban J connectivity index is 2.01. The standard InChI is InChI=1S/C20H29FN2O2/c1-14(2)18(22-19(24)15-9-5-4-6-10-15)20(25)23(3)13-16-11-7-8-12-17(16)21/h7-8,11-12,14-15,18H,4-6,9-10,13H2,1-3H3,(H,22,24). The van der Waals surface area contributed by atoms with Gasteiger partial charge in [0.25, 0.3) is 0 Å². The van der Waals surface area contributed by atoms with Crippen molar-refractivity contribution in [3.63, 3.8) is 0 Å². The summed E-state index contributed by atoms with van der Waals surface area (Å²) >= 11 is 0. The second-order valence-corrected chi connectivity index (χ2v) is 7.35. The van der Waals surface area contributed by atoms with Crippen LogP contribution in [-0.2, 0) is 16.1 Å². The normalized spacial score (nSPS) is 16.5. The molecule has 0 radical (unpaired) electrons. The van der Waals surface area contributed by atoms with Crippen LogP contribution in [0.1, 0.15) is 51.5 Å². The Morgan fingerprint density at radius 1 is 1.20 bits per heavy atom. The van der Waals surface area contributed by atoms with Crippen molar-refractivity contribution < 1.29 is 14.0 Å². The Kier molecular flexibility index (Phi) is 6.97. The molecule has 5 heteroatoms. The number of nitrogens with one attached hydrogen (secondary N) is 1. The fraction of sp³-hybridized carbons (Fsp3) is 0.600. The summed E-state index contributed by atoms with van der Waals surface area (Å²) in [6.07, 6.45) is 5.13. The number of carbonyl (C=O) groups is 2. The van der Waals surface area contributed by atoms with Gasteiger partial charge in [-0.05, 0) is 24.8 Å². The Hall–Kier alpha value is -1.91. The Morgan fingerprint density at radius 3 is 2.44 bits per heavy atom. The molecule has 25 heavy (non-hydrogen) atoms. The van der Waals surface area contributed by atoms with E-state index in [-0.39, 0.29) is 36.0 Å². The van der Waals surface area contributed by atoms with Crippen LogP contribution in [0.15, 0.2) is 24.3 Å². The summed E-state index contributed by atoms with van der Waals surface area (Å²) in [6.45, 7) is 4.02. The van der Waals surface area contributed by atoms with Gasteiger partial charge in [0, 0.05) is 25.1 Å². The smallest absolute Gasteiger partial charge is 0.245 e. The van der Waals surface area contributed by atoms with Gasteiger partial charge >= 0.3 is 0 Å². The molecule has 1 N–H and O–H groups in total. The first-order valence-corrected chi connectivity index (χ1v) is 9.19. The van der Waals surface area contributed by atoms with Crippen LogP contribution >= 0.6 is 0 Å². The maximum atomic E-state index is 13.8. The SMILES string of the molecule is CC(C)C(NC(=O)C1CCCCC1)C(=O)N(C)Cc1ccccc1F. The fourth-order valence-corrected chi connectivity index (χ4v) is 3.35. The third-order valence-electron chi connectivity index (χ3n) is 4.95. The van der Waals surface area contributed by atoms with Crippen LogP contribution in [-0.4, -0.2) is 29.8 Å². The fourth-order valence-electron chi connectivity index (χ4n) is 3.35. The molecule has 1 unspecified atom stereocenters. The topological polar surface area (TPSA) is 49.4 Å². The van der Waals surface area contributed by atoms with E-state index >= 15 is 0 Å². The van der Waals surface area contributed by atoms with Crippen molar-refractivity contribution in [2.75, 3.05) is 7.05 Å². The molecule has 2 rings (SSSR count). The van der Waals surface area contributed by atoms with Gasteiger partial charge in [-0.15, -0.1) is 0 Å². The molecule has 2 amide bonds. The average molecular weight is 348 g/mol. The molecule has 0 saturated heterocycles. The van der Waals surface area contributed by atoms with Crippen molar-refractivity contribution >= 4 is 11.8 Å². The zero-order valence-corrected chi connectivity index (χ0v) is 15.4. The number of carbonyl (C=O) groups excluding carboxylic acids is 2. The monoisotopic (exact) mass is 348 g/mol. The molecule has 0 aromatic heterocycles. The number of benzene rings is 1. The van der Waals surface area contributed by atoms with Gasteiger partial charge in [-0.1, -0.05) is 51.3 Å². The summed E-state index contributed by atoms with van der Waals surface area (Å²) < 4.78 is 13.8. The predicted octanol–water partition coefficient (Wildman–Crippen LogP) is 3.51. The van der Waals surface area contributed by atoms with Gasteiger partial charge < -0.3 is 10.2 Å². The van der Waals surface area contributed by atoms with Gasteiger partial charge in [0.1, 0.15) is 11.9 Å². The van der Waals surface area contributed by atoms with Crippen molar-refractivity contribution in [2.24, 2.45) is 11.8 Å². The molecule has 1 saturated carbocycles. The molecule has 1 aliphatic rings. The number of amides is 2. The number of nitrogens with zero attached hydrogens (tertiary/aromatic N) is 1. The van der Waals surface area contributed by atoms with E-state index in [1.54, 1.807) is 25.2 Å². The van der Waals surface area contributed by atoms with E-state index < -0.39 is 6.04 Å². The van der Waals surface area contributed by atoms with E-state index in [2.05, 4.69) is 5.32 Å². The third-order valence-corrected chi connectivity index (χ3v) is 4.95. The second-order valence-electron chi connectivity index (χ2n) is 7.35. The first-order chi connectivity index (χ1) is 11.9. The van der Waals surface area contributed by atoms with Crippen molar-refractivity contribution in [2.45, 2.75) is 58.5 Å². The van der Waals surface area contributed by atoms with E-state index in [9.17, 15) is 14.0 Å². The van der Waals surface area contributed by atoms with Crippen LogP contribution in [0.3, 0.4) is 0 Å². The molecule has 138 valence electrons. The lowest BCUT2D eigenvalue weighted by atomic mass is 9.88. The van der Waals surface area contributed by atoms with Crippen LogP contribution in [0.2, 0.25) is 0 Å². The van der Waals surface area contributed by atoms with Gasteiger partial charge in [-0.3, -0.25) is 9.59 Å². The molecule has 1 fully saturated rings. The average Bonchev–Trinajstić information content (AvgIpc) is 2.61. The molecule has 0 bridgehead atoms. The Bertz CT molecular complexity index is 597. The van der Waals surface area contributed by atoms with Gasteiger partial charge in [0.15, 0.2) is 0 Å². The van der Waals surface area contributed by atoms with Crippen molar-refractivity contribution in [1.29, 1.82) is 0 Å². The summed E-state index contributed by atoms with van der Waals surface area (Å²) in [5.41, 5.74) is 0.472. The number of rotatable bonds is 6. The first-order valence-electron chi connectivity index (χ1n) is 9.19. The van der Waals surface area contributed by atoms with E-state index in [0.717, 1.165) is 25.7 Å². The van der Waals surface area contributed by atoms with Crippen LogP contribution in [0.5, 0.6) is 0 Å². The minimum atomic E-state index is -0.578. The summed E-state index contributed by atoms with van der Waals surface area (Å²) in [7, 11) is 1.65. The lowest BCUT2D eigenvalue weighted by Crippen LogP contribution is -2.51. The van der Waals surface area contributed by atoms with Crippen LogP contribution in [0.25, 0.3) is 0 Å². The number of likely N-dealkylation sites (N-methyl/N-ethyl adjacent to an activating group) is 1. The van der Waals surface area contributed by atoms with Crippen LogP contribution in [0, 0.1) is 17.7 Å². The largest absolute Gasteiger partial charge is 0.344 e. The molecule has 0 spiro atoms. The molecule has 1 aromatic rings. The summed E-state index contributed by atoms with van der Waals surface area (Å²) in [4.78, 5) is 26.8. The first kappa shape index (κ1) is 19.4. The molecule has 1 atom stereocenters. The molecular formula is C20H29FN2O2. The molecule has 1 aromatic carbocycles. The molecule has 0 heterocycles.